The predicted molar refractivity (Wildman–Crippen MR) is 64.3 cm³/mol. The Morgan fingerprint density at radius 3 is 2.79 bits per heavy atom. The van der Waals surface area contributed by atoms with Gasteiger partial charge < -0.3 is 10.0 Å². The van der Waals surface area contributed by atoms with Crippen molar-refractivity contribution in [2.75, 3.05) is 0 Å². The van der Waals surface area contributed by atoms with Gasteiger partial charge in [0.2, 0.25) is 0 Å². The van der Waals surface area contributed by atoms with E-state index < -0.39 is 7.12 Å². The van der Waals surface area contributed by atoms with E-state index in [9.17, 15) is 4.39 Å². The van der Waals surface area contributed by atoms with Crippen LogP contribution in [-0.4, -0.2) is 17.2 Å². The van der Waals surface area contributed by atoms with E-state index in [1.54, 1.807) is 11.4 Å². The summed E-state index contributed by atoms with van der Waals surface area (Å²) in [4.78, 5) is 0. The summed E-state index contributed by atoms with van der Waals surface area (Å²) in [6.07, 6.45) is 0. The van der Waals surface area contributed by atoms with E-state index in [0.29, 0.717) is 19.1 Å². The van der Waals surface area contributed by atoms with Gasteiger partial charge in [0.25, 0.3) is 0 Å². The summed E-state index contributed by atoms with van der Waals surface area (Å²) in [5, 5.41) is 20.5. The van der Waals surface area contributed by atoms with Gasteiger partial charge in [-0.1, -0.05) is 0 Å². The summed E-state index contributed by atoms with van der Waals surface area (Å²) in [6.45, 7) is 0. The van der Waals surface area contributed by atoms with Gasteiger partial charge in [-0.25, -0.2) is 4.39 Å². The lowest BCUT2D eigenvalue weighted by molar-refractivity contribution is 0.426. The molecule has 0 saturated heterocycles. The Hall–Kier alpha value is -0.175. The maximum atomic E-state index is 13.4. The Morgan fingerprint density at radius 1 is 1.43 bits per heavy atom. The SMILES string of the molecule is OB(O)c1c(I)cc(F)c2ccsc12. The van der Waals surface area contributed by atoms with Gasteiger partial charge in [0.05, 0.1) is 0 Å². The largest absolute Gasteiger partial charge is 0.491 e. The highest BCUT2D eigenvalue weighted by Crippen LogP contribution is 2.24. The van der Waals surface area contributed by atoms with Gasteiger partial charge in [-0.2, -0.15) is 0 Å². The van der Waals surface area contributed by atoms with Crippen molar-refractivity contribution in [1.82, 2.24) is 0 Å². The lowest BCUT2D eigenvalue weighted by Gasteiger charge is -2.05. The molecule has 0 unspecified atom stereocenters. The zero-order valence-electron chi connectivity index (χ0n) is 6.87. The van der Waals surface area contributed by atoms with Crippen molar-refractivity contribution in [2.24, 2.45) is 0 Å². The molecular formula is C8H5BFIO2S. The number of hydrogen-bond acceptors (Lipinski definition) is 3. The zero-order valence-corrected chi connectivity index (χ0v) is 9.84. The lowest BCUT2D eigenvalue weighted by Crippen LogP contribution is -2.32. The molecular weight excluding hydrogens is 317 g/mol. The van der Waals surface area contributed by atoms with Crippen LogP contribution in [0.1, 0.15) is 0 Å². The van der Waals surface area contributed by atoms with Gasteiger partial charge in [-0.05, 0) is 40.1 Å². The average Bonchev–Trinajstić information content (AvgIpc) is 2.51. The fourth-order valence-corrected chi connectivity index (χ4v) is 3.30. The van der Waals surface area contributed by atoms with Crippen molar-refractivity contribution >= 4 is 56.6 Å². The van der Waals surface area contributed by atoms with Gasteiger partial charge in [0.15, 0.2) is 0 Å². The molecule has 0 fully saturated rings. The van der Waals surface area contributed by atoms with Crippen LogP contribution in [-0.2, 0) is 0 Å². The van der Waals surface area contributed by atoms with E-state index in [0.717, 1.165) is 0 Å². The Labute approximate surface area is 97.7 Å². The molecule has 0 saturated carbocycles. The third-order valence-corrected chi connectivity index (χ3v) is 3.78. The number of fused-ring (bicyclic) bond motifs is 1. The van der Waals surface area contributed by atoms with E-state index in [2.05, 4.69) is 0 Å². The van der Waals surface area contributed by atoms with Crippen LogP contribution in [0.4, 0.5) is 4.39 Å². The monoisotopic (exact) mass is 322 g/mol. The van der Waals surface area contributed by atoms with Crippen LogP contribution in [0.2, 0.25) is 0 Å². The van der Waals surface area contributed by atoms with Gasteiger partial charge in [-0.3, -0.25) is 0 Å². The molecule has 0 amide bonds. The zero-order chi connectivity index (χ0) is 10.3. The first kappa shape index (κ1) is 10.3. The van der Waals surface area contributed by atoms with Crippen molar-refractivity contribution in [1.29, 1.82) is 0 Å². The highest BCUT2D eigenvalue weighted by atomic mass is 127. The predicted octanol–water partition coefficient (Wildman–Crippen LogP) is 1.32. The molecule has 2 rings (SSSR count). The maximum absolute atomic E-state index is 13.4. The van der Waals surface area contributed by atoms with E-state index in [-0.39, 0.29) is 5.82 Å². The normalized spacial score (nSPS) is 10.9. The van der Waals surface area contributed by atoms with Crippen molar-refractivity contribution in [3.05, 3.63) is 26.9 Å². The molecule has 72 valence electrons. The fraction of sp³-hybridized carbons (Fsp3) is 0. The molecule has 0 aliphatic rings. The number of rotatable bonds is 1. The van der Waals surface area contributed by atoms with E-state index >= 15 is 0 Å². The Bertz CT molecular complexity index is 485. The summed E-state index contributed by atoms with van der Waals surface area (Å²) in [7, 11) is -1.55. The van der Waals surface area contributed by atoms with Crippen LogP contribution in [0.5, 0.6) is 0 Å². The van der Waals surface area contributed by atoms with Crippen molar-refractivity contribution < 1.29 is 14.4 Å². The standard InChI is InChI=1S/C8H5BFIO2S/c10-5-3-6(11)7(9(12)13)8-4(5)1-2-14-8/h1-3,12-13H. The maximum Gasteiger partial charge on any atom is 0.491 e. The summed E-state index contributed by atoms with van der Waals surface area (Å²) in [6, 6.07) is 2.95. The Balaban J connectivity index is 2.86. The summed E-state index contributed by atoms with van der Waals surface area (Å²) in [5.74, 6) is -0.324. The highest BCUT2D eigenvalue weighted by Gasteiger charge is 2.21. The molecule has 1 heterocycles. The van der Waals surface area contributed by atoms with E-state index in [1.807, 2.05) is 22.6 Å². The van der Waals surface area contributed by atoms with Crippen LogP contribution >= 0.6 is 33.9 Å². The first-order valence-corrected chi connectivity index (χ1v) is 5.78. The third-order valence-electron chi connectivity index (χ3n) is 1.94. The minimum atomic E-state index is -1.55. The molecule has 6 heteroatoms. The molecule has 0 atom stereocenters. The van der Waals surface area contributed by atoms with Crippen LogP contribution in [0.15, 0.2) is 17.5 Å². The summed E-state index contributed by atoms with van der Waals surface area (Å²) < 4.78 is 14.5. The minimum Gasteiger partial charge on any atom is -0.423 e. The molecule has 2 N–H and O–H groups in total. The van der Waals surface area contributed by atoms with Gasteiger partial charge in [-0.15, -0.1) is 11.3 Å². The fourth-order valence-electron chi connectivity index (χ4n) is 1.32. The Kier molecular flexibility index (Phi) is 2.78. The number of hydrogen-bond donors (Lipinski definition) is 2. The second kappa shape index (κ2) is 3.76. The molecule has 2 aromatic rings. The van der Waals surface area contributed by atoms with E-state index in [4.69, 9.17) is 10.0 Å². The summed E-state index contributed by atoms with van der Waals surface area (Å²) >= 11 is 3.20. The first-order chi connectivity index (χ1) is 6.61. The van der Waals surface area contributed by atoms with E-state index in [1.165, 1.54) is 17.4 Å². The molecule has 14 heavy (non-hydrogen) atoms. The molecule has 1 aromatic heterocycles. The second-order valence-corrected chi connectivity index (χ2v) is 4.87. The third kappa shape index (κ3) is 1.56. The number of halogens is 2. The van der Waals surface area contributed by atoms with Gasteiger partial charge >= 0.3 is 7.12 Å². The number of thiophene rings is 1. The van der Waals surface area contributed by atoms with Gasteiger partial charge in [0.1, 0.15) is 5.82 Å². The Morgan fingerprint density at radius 2 is 2.14 bits per heavy atom. The van der Waals surface area contributed by atoms with Crippen LogP contribution < -0.4 is 5.46 Å². The van der Waals surface area contributed by atoms with Crippen molar-refractivity contribution in [2.45, 2.75) is 0 Å². The quantitative estimate of drug-likeness (QED) is 0.614. The molecule has 0 aliphatic carbocycles. The summed E-state index contributed by atoms with van der Waals surface area (Å²) in [5.41, 5.74) is 0.386. The van der Waals surface area contributed by atoms with Crippen molar-refractivity contribution in [3.63, 3.8) is 0 Å². The van der Waals surface area contributed by atoms with Crippen LogP contribution in [0.3, 0.4) is 0 Å². The molecule has 0 aliphatic heterocycles. The molecule has 0 bridgehead atoms. The second-order valence-electron chi connectivity index (χ2n) is 2.79. The molecule has 0 spiro atoms. The van der Waals surface area contributed by atoms with Crippen LogP contribution in [0, 0.1) is 9.39 Å². The smallest absolute Gasteiger partial charge is 0.423 e. The minimum absolute atomic E-state index is 0.324. The topological polar surface area (TPSA) is 40.5 Å². The molecule has 0 radical (unpaired) electrons. The number of benzene rings is 1. The average molecular weight is 322 g/mol. The molecule has 1 aromatic carbocycles. The van der Waals surface area contributed by atoms with Crippen LogP contribution in [0.25, 0.3) is 10.1 Å². The van der Waals surface area contributed by atoms with Crippen molar-refractivity contribution in [3.8, 4) is 0 Å². The van der Waals surface area contributed by atoms with Gasteiger partial charge in [0, 0.05) is 19.1 Å². The lowest BCUT2D eigenvalue weighted by atomic mass is 9.80. The first-order valence-electron chi connectivity index (χ1n) is 3.82. The highest BCUT2D eigenvalue weighted by molar-refractivity contribution is 14.1. The molecule has 2 nitrogen and oxygen atoms in total.